The van der Waals surface area contributed by atoms with Gasteiger partial charge in [-0.2, -0.15) is 0 Å². The minimum absolute atomic E-state index is 0.00480. The molecule has 1 atom stereocenters. The number of hydrogen-bond acceptors (Lipinski definition) is 3. The van der Waals surface area contributed by atoms with E-state index in [0.29, 0.717) is 24.6 Å². The van der Waals surface area contributed by atoms with Crippen molar-refractivity contribution in [2.75, 3.05) is 0 Å². The van der Waals surface area contributed by atoms with Crippen molar-refractivity contribution >= 4 is 0 Å². The topological polar surface area (TPSA) is 56.7 Å². The maximum absolute atomic E-state index is 13.5. The molecule has 1 aliphatic rings. The average Bonchev–Trinajstić information content (AvgIpc) is 2.71. The molecule has 0 spiro atoms. The average molecular weight is 258 g/mol. The Morgan fingerprint density at radius 2 is 2.22 bits per heavy atom. The molecule has 0 aliphatic heterocycles. The third-order valence-corrected chi connectivity index (χ3v) is 3.49. The number of alkyl halides is 2. The van der Waals surface area contributed by atoms with Crippen molar-refractivity contribution in [3.05, 3.63) is 11.6 Å². The van der Waals surface area contributed by atoms with E-state index in [4.69, 9.17) is 5.73 Å². The van der Waals surface area contributed by atoms with Gasteiger partial charge in [0.15, 0.2) is 0 Å². The Labute approximate surface area is 106 Å². The van der Waals surface area contributed by atoms with E-state index in [1.165, 1.54) is 0 Å². The summed E-state index contributed by atoms with van der Waals surface area (Å²) in [6.07, 6.45) is 2.12. The van der Waals surface area contributed by atoms with Gasteiger partial charge in [-0.05, 0) is 19.3 Å². The van der Waals surface area contributed by atoms with Crippen LogP contribution in [0.25, 0.3) is 0 Å². The Bertz CT molecular complexity index is 403. The molecule has 0 aromatic carbocycles. The zero-order chi connectivity index (χ0) is 13.2. The van der Waals surface area contributed by atoms with Gasteiger partial charge in [0, 0.05) is 25.3 Å². The molecule has 0 amide bonds. The highest BCUT2D eigenvalue weighted by molar-refractivity contribution is 5.05. The maximum atomic E-state index is 13.5. The third kappa shape index (κ3) is 2.68. The molecular weight excluding hydrogens is 238 g/mol. The molecule has 1 heterocycles. The lowest BCUT2D eigenvalue weighted by Gasteiger charge is -2.28. The SMILES string of the molecule is CCCn1c(CN)nnc1C1CCCC(F)(F)C1. The predicted molar refractivity (Wildman–Crippen MR) is 64.4 cm³/mol. The fourth-order valence-corrected chi connectivity index (χ4v) is 2.66. The molecule has 2 N–H and O–H groups in total. The monoisotopic (exact) mass is 258 g/mol. The molecule has 1 saturated carbocycles. The zero-order valence-electron chi connectivity index (χ0n) is 10.7. The van der Waals surface area contributed by atoms with Gasteiger partial charge >= 0.3 is 0 Å². The first-order valence-corrected chi connectivity index (χ1v) is 6.57. The van der Waals surface area contributed by atoms with Gasteiger partial charge in [-0.1, -0.05) is 6.92 Å². The quantitative estimate of drug-likeness (QED) is 0.902. The van der Waals surface area contributed by atoms with Gasteiger partial charge in [0.2, 0.25) is 5.92 Å². The second-order valence-corrected chi connectivity index (χ2v) is 4.98. The van der Waals surface area contributed by atoms with E-state index in [2.05, 4.69) is 10.2 Å². The molecule has 0 saturated heterocycles. The summed E-state index contributed by atoms with van der Waals surface area (Å²) in [5.74, 6) is -1.36. The van der Waals surface area contributed by atoms with Crippen LogP contribution in [-0.2, 0) is 13.1 Å². The van der Waals surface area contributed by atoms with Crippen molar-refractivity contribution in [2.45, 2.75) is 64.0 Å². The first-order valence-electron chi connectivity index (χ1n) is 6.57. The Morgan fingerprint density at radius 3 is 2.83 bits per heavy atom. The minimum atomic E-state index is -2.56. The highest BCUT2D eigenvalue weighted by Gasteiger charge is 2.38. The Hall–Kier alpha value is -1.04. The molecule has 1 aromatic rings. The second-order valence-electron chi connectivity index (χ2n) is 4.98. The van der Waals surface area contributed by atoms with E-state index < -0.39 is 5.92 Å². The molecule has 1 fully saturated rings. The van der Waals surface area contributed by atoms with Crippen molar-refractivity contribution in [1.29, 1.82) is 0 Å². The van der Waals surface area contributed by atoms with Crippen molar-refractivity contribution in [3.8, 4) is 0 Å². The van der Waals surface area contributed by atoms with E-state index in [0.717, 1.165) is 19.4 Å². The van der Waals surface area contributed by atoms with Crippen molar-refractivity contribution < 1.29 is 8.78 Å². The van der Waals surface area contributed by atoms with Crippen molar-refractivity contribution in [3.63, 3.8) is 0 Å². The van der Waals surface area contributed by atoms with Crippen LogP contribution < -0.4 is 5.73 Å². The summed E-state index contributed by atoms with van der Waals surface area (Å²) < 4.78 is 28.9. The van der Waals surface area contributed by atoms with E-state index in [9.17, 15) is 8.78 Å². The Balaban J connectivity index is 2.24. The minimum Gasteiger partial charge on any atom is -0.324 e. The highest BCUT2D eigenvalue weighted by Crippen LogP contribution is 2.41. The van der Waals surface area contributed by atoms with Crippen LogP contribution in [0.5, 0.6) is 0 Å². The van der Waals surface area contributed by atoms with Crippen LogP contribution in [0.4, 0.5) is 8.78 Å². The first-order chi connectivity index (χ1) is 8.57. The van der Waals surface area contributed by atoms with Crippen LogP contribution in [-0.4, -0.2) is 20.7 Å². The highest BCUT2D eigenvalue weighted by atomic mass is 19.3. The standard InChI is InChI=1S/C12H20F2N4/c1-2-6-18-10(8-15)16-17-11(18)9-4-3-5-12(13,14)7-9/h9H,2-8,15H2,1H3. The van der Waals surface area contributed by atoms with Gasteiger partial charge in [-0.25, -0.2) is 8.78 Å². The molecule has 0 bridgehead atoms. The first kappa shape index (κ1) is 13.4. The lowest BCUT2D eigenvalue weighted by molar-refractivity contribution is -0.0421. The molecule has 4 nitrogen and oxygen atoms in total. The van der Waals surface area contributed by atoms with E-state index in [1.54, 1.807) is 0 Å². The fourth-order valence-electron chi connectivity index (χ4n) is 2.66. The number of nitrogens with two attached hydrogens (primary N) is 1. The van der Waals surface area contributed by atoms with E-state index >= 15 is 0 Å². The normalized spacial score (nSPS) is 23.2. The second kappa shape index (κ2) is 5.30. The number of rotatable bonds is 4. The molecule has 2 rings (SSSR count). The van der Waals surface area contributed by atoms with Gasteiger partial charge in [0.25, 0.3) is 0 Å². The van der Waals surface area contributed by atoms with Crippen LogP contribution >= 0.6 is 0 Å². The van der Waals surface area contributed by atoms with E-state index in [1.807, 2.05) is 11.5 Å². The zero-order valence-corrected chi connectivity index (χ0v) is 10.7. The van der Waals surface area contributed by atoms with Gasteiger partial charge in [-0.3, -0.25) is 0 Å². The molecule has 102 valence electrons. The van der Waals surface area contributed by atoms with Gasteiger partial charge in [-0.15, -0.1) is 10.2 Å². The molecule has 18 heavy (non-hydrogen) atoms. The number of hydrogen-bond donors (Lipinski definition) is 1. The van der Waals surface area contributed by atoms with Gasteiger partial charge < -0.3 is 10.3 Å². The molecule has 1 unspecified atom stereocenters. The number of nitrogens with zero attached hydrogens (tertiary/aromatic N) is 3. The maximum Gasteiger partial charge on any atom is 0.248 e. The molecule has 0 radical (unpaired) electrons. The fraction of sp³-hybridized carbons (Fsp3) is 0.833. The van der Waals surface area contributed by atoms with Gasteiger partial charge in [0.1, 0.15) is 11.6 Å². The lowest BCUT2D eigenvalue weighted by atomic mass is 9.86. The number of halogens is 2. The van der Waals surface area contributed by atoms with Crippen LogP contribution in [0.1, 0.15) is 56.6 Å². The molecule has 1 aliphatic carbocycles. The Kier molecular flexibility index (Phi) is 3.94. The van der Waals surface area contributed by atoms with Crippen LogP contribution in [0.3, 0.4) is 0 Å². The smallest absolute Gasteiger partial charge is 0.248 e. The summed E-state index contributed by atoms with van der Waals surface area (Å²) in [5.41, 5.74) is 5.61. The Morgan fingerprint density at radius 1 is 1.44 bits per heavy atom. The molecule has 6 heteroatoms. The summed E-state index contributed by atoms with van der Waals surface area (Å²) in [6, 6.07) is 0. The van der Waals surface area contributed by atoms with Crippen molar-refractivity contribution in [2.24, 2.45) is 5.73 Å². The molecule has 1 aromatic heterocycles. The van der Waals surface area contributed by atoms with Crippen LogP contribution in [0.2, 0.25) is 0 Å². The van der Waals surface area contributed by atoms with Gasteiger partial charge in [0.05, 0.1) is 6.54 Å². The largest absolute Gasteiger partial charge is 0.324 e. The van der Waals surface area contributed by atoms with Crippen LogP contribution in [0.15, 0.2) is 0 Å². The number of aromatic nitrogens is 3. The summed E-state index contributed by atoms with van der Waals surface area (Å²) in [4.78, 5) is 0. The van der Waals surface area contributed by atoms with E-state index in [-0.39, 0.29) is 18.8 Å². The lowest BCUT2D eigenvalue weighted by Crippen LogP contribution is -2.27. The van der Waals surface area contributed by atoms with Crippen LogP contribution in [0, 0.1) is 0 Å². The summed E-state index contributed by atoms with van der Waals surface area (Å²) in [5, 5.41) is 8.11. The molecular formula is C12H20F2N4. The van der Waals surface area contributed by atoms with Crippen molar-refractivity contribution in [1.82, 2.24) is 14.8 Å². The summed E-state index contributed by atoms with van der Waals surface area (Å²) >= 11 is 0. The summed E-state index contributed by atoms with van der Waals surface area (Å²) in [6.45, 7) is 3.09. The summed E-state index contributed by atoms with van der Waals surface area (Å²) in [7, 11) is 0. The predicted octanol–water partition coefficient (Wildman–Crippen LogP) is 2.44. The third-order valence-electron chi connectivity index (χ3n) is 3.49.